The molecule has 0 unspecified atom stereocenters. The van der Waals surface area contributed by atoms with Crippen LogP contribution in [0.4, 0.5) is 0 Å². The zero-order valence-corrected chi connectivity index (χ0v) is 9.57. The van der Waals surface area contributed by atoms with Crippen molar-refractivity contribution in [2.24, 2.45) is 4.99 Å². The molecule has 0 aliphatic rings. The minimum Gasteiger partial charge on any atom is -0.391 e. The summed E-state index contributed by atoms with van der Waals surface area (Å²) >= 11 is 0. The minimum absolute atomic E-state index is 1.10. The Morgan fingerprint density at radius 3 is 2.31 bits per heavy atom. The van der Waals surface area contributed by atoms with Gasteiger partial charge in [-0.25, -0.2) is 0 Å². The molecule has 0 aliphatic carbocycles. The van der Waals surface area contributed by atoms with E-state index < -0.39 is 0 Å². The molecule has 0 bridgehead atoms. The molecule has 0 amide bonds. The van der Waals surface area contributed by atoms with Crippen LogP contribution in [0.1, 0.15) is 40.0 Å². The first kappa shape index (κ1) is 12.2. The number of nitrogens with one attached hydrogen (secondary N) is 1. The Balaban J connectivity index is 4.42. The minimum atomic E-state index is 1.10. The van der Waals surface area contributed by atoms with Crippen molar-refractivity contribution >= 4 is 5.71 Å². The molecule has 1 N–H and O–H groups in total. The number of hydrogen-bond donors (Lipinski definition) is 1. The van der Waals surface area contributed by atoms with Crippen LogP contribution in [0.2, 0.25) is 0 Å². The Morgan fingerprint density at radius 1 is 1.31 bits per heavy atom. The highest BCUT2D eigenvalue weighted by Crippen LogP contribution is 2.08. The summed E-state index contributed by atoms with van der Waals surface area (Å²) in [5.74, 6) is 0. The summed E-state index contributed by atoms with van der Waals surface area (Å²) in [6.07, 6.45) is 3.55. The lowest BCUT2D eigenvalue weighted by Crippen LogP contribution is -2.10. The second-order valence-electron chi connectivity index (χ2n) is 3.27. The molecule has 0 aliphatic heterocycles. The number of nitrogens with zero attached hydrogens (tertiary/aromatic N) is 1. The van der Waals surface area contributed by atoms with E-state index in [2.05, 4.69) is 31.1 Å². The van der Waals surface area contributed by atoms with Crippen LogP contribution < -0.4 is 5.32 Å². The third kappa shape index (κ3) is 4.11. The molecule has 0 spiro atoms. The molecule has 0 aromatic heterocycles. The second-order valence-corrected chi connectivity index (χ2v) is 3.27. The van der Waals surface area contributed by atoms with Crippen LogP contribution in [0.3, 0.4) is 0 Å². The van der Waals surface area contributed by atoms with Gasteiger partial charge in [0.05, 0.1) is 0 Å². The fourth-order valence-corrected chi connectivity index (χ4v) is 1.22. The average molecular weight is 182 g/mol. The van der Waals surface area contributed by atoms with Crippen LogP contribution in [0.5, 0.6) is 0 Å². The highest BCUT2D eigenvalue weighted by atomic mass is 14.8. The molecule has 2 nitrogen and oxygen atoms in total. The van der Waals surface area contributed by atoms with Gasteiger partial charge in [0.15, 0.2) is 0 Å². The number of allylic oxidation sites excluding steroid dienone is 2. The van der Waals surface area contributed by atoms with Gasteiger partial charge in [-0.3, -0.25) is 4.99 Å². The largest absolute Gasteiger partial charge is 0.391 e. The summed E-state index contributed by atoms with van der Waals surface area (Å²) in [7, 11) is 3.82. The quantitative estimate of drug-likeness (QED) is 0.650. The molecular weight excluding hydrogens is 160 g/mol. The fourth-order valence-electron chi connectivity index (χ4n) is 1.22. The van der Waals surface area contributed by atoms with Crippen molar-refractivity contribution in [1.82, 2.24) is 5.32 Å². The van der Waals surface area contributed by atoms with E-state index in [1.807, 2.05) is 14.1 Å². The van der Waals surface area contributed by atoms with Gasteiger partial charge in [0.25, 0.3) is 0 Å². The van der Waals surface area contributed by atoms with Crippen molar-refractivity contribution in [3.05, 3.63) is 11.3 Å². The second kappa shape index (κ2) is 6.70. The molecular formula is C11H22N2. The van der Waals surface area contributed by atoms with Crippen LogP contribution in [0.15, 0.2) is 16.3 Å². The lowest BCUT2D eigenvalue weighted by atomic mass is 10.0. The van der Waals surface area contributed by atoms with Gasteiger partial charge < -0.3 is 5.32 Å². The molecule has 13 heavy (non-hydrogen) atoms. The van der Waals surface area contributed by atoms with Gasteiger partial charge in [0.1, 0.15) is 0 Å². The third-order valence-electron chi connectivity index (χ3n) is 2.41. The Morgan fingerprint density at radius 2 is 1.92 bits per heavy atom. The van der Waals surface area contributed by atoms with Crippen molar-refractivity contribution in [3.63, 3.8) is 0 Å². The van der Waals surface area contributed by atoms with E-state index in [0.717, 1.165) is 6.42 Å². The van der Waals surface area contributed by atoms with Gasteiger partial charge in [-0.2, -0.15) is 0 Å². The van der Waals surface area contributed by atoms with E-state index in [-0.39, 0.29) is 0 Å². The monoisotopic (exact) mass is 182 g/mol. The first-order valence-corrected chi connectivity index (χ1v) is 4.98. The standard InChI is InChI=1S/C11H22N2/c1-6-7-8-11(13-5)9(2)10(3)12-4/h12H,6-8H2,1-5H3/b10-9+,13-11-. The smallest absolute Gasteiger partial charge is 0.0391 e. The molecule has 0 rings (SSSR count). The van der Waals surface area contributed by atoms with E-state index in [1.54, 1.807) is 0 Å². The van der Waals surface area contributed by atoms with E-state index in [1.165, 1.54) is 29.8 Å². The van der Waals surface area contributed by atoms with Crippen molar-refractivity contribution in [2.75, 3.05) is 14.1 Å². The van der Waals surface area contributed by atoms with E-state index in [9.17, 15) is 0 Å². The Hall–Kier alpha value is -0.790. The van der Waals surface area contributed by atoms with Crippen LogP contribution in [-0.2, 0) is 0 Å². The summed E-state index contributed by atoms with van der Waals surface area (Å²) in [4.78, 5) is 4.31. The molecule has 0 aromatic carbocycles. The maximum atomic E-state index is 4.31. The summed E-state index contributed by atoms with van der Waals surface area (Å²) in [5.41, 5.74) is 3.74. The average Bonchev–Trinajstić information content (AvgIpc) is 2.17. The molecule has 0 saturated heterocycles. The molecule has 0 aromatic rings. The molecule has 76 valence electrons. The summed E-state index contributed by atoms with van der Waals surface area (Å²) in [6.45, 7) is 6.42. The van der Waals surface area contributed by atoms with E-state index in [0.29, 0.717) is 0 Å². The number of unbranched alkanes of at least 4 members (excludes halogenated alkanes) is 1. The molecule has 2 heteroatoms. The molecule has 0 atom stereocenters. The Labute approximate surface area is 82.1 Å². The highest BCUT2D eigenvalue weighted by Gasteiger charge is 2.03. The van der Waals surface area contributed by atoms with Crippen LogP contribution in [0.25, 0.3) is 0 Å². The number of rotatable bonds is 5. The highest BCUT2D eigenvalue weighted by molar-refractivity contribution is 6.00. The first-order chi connectivity index (χ1) is 6.17. The topological polar surface area (TPSA) is 24.4 Å². The fraction of sp³-hybridized carbons (Fsp3) is 0.727. The molecule has 0 fully saturated rings. The predicted molar refractivity (Wildman–Crippen MR) is 60.3 cm³/mol. The number of aliphatic imine (C=N–C) groups is 1. The van der Waals surface area contributed by atoms with Gasteiger partial charge in [0.2, 0.25) is 0 Å². The summed E-state index contributed by atoms with van der Waals surface area (Å²) in [6, 6.07) is 0. The zero-order valence-electron chi connectivity index (χ0n) is 9.57. The molecule has 0 radical (unpaired) electrons. The summed E-state index contributed by atoms with van der Waals surface area (Å²) in [5, 5.41) is 3.15. The van der Waals surface area contributed by atoms with Crippen molar-refractivity contribution < 1.29 is 0 Å². The molecule has 0 heterocycles. The van der Waals surface area contributed by atoms with Gasteiger partial charge in [0, 0.05) is 25.5 Å². The lowest BCUT2D eigenvalue weighted by Gasteiger charge is -2.09. The Kier molecular flexibility index (Phi) is 6.29. The summed E-state index contributed by atoms with van der Waals surface area (Å²) < 4.78 is 0. The van der Waals surface area contributed by atoms with E-state index in [4.69, 9.17) is 0 Å². The van der Waals surface area contributed by atoms with Crippen LogP contribution >= 0.6 is 0 Å². The lowest BCUT2D eigenvalue weighted by molar-refractivity contribution is 0.831. The van der Waals surface area contributed by atoms with Crippen LogP contribution in [-0.4, -0.2) is 19.8 Å². The Bertz CT molecular complexity index is 202. The van der Waals surface area contributed by atoms with Gasteiger partial charge in [-0.15, -0.1) is 0 Å². The van der Waals surface area contributed by atoms with Crippen molar-refractivity contribution in [1.29, 1.82) is 0 Å². The van der Waals surface area contributed by atoms with Gasteiger partial charge >= 0.3 is 0 Å². The maximum Gasteiger partial charge on any atom is 0.0391 e. The normalized spacial score (nSPS) is 14.1. The van der Waals surface area contributed by atoms with E-state index >= 15 is 0 Å². The zero-order chi connectivity index (χ0) is 10.3. The SMILES string of the molecule is CCCCC(=N/C)/C(C)=C(\C)NC. The van der Waals surface area contributed by atoms with Crippen molar-refractivity contribution in [3.8, 4) is 0 Å². The van der Waals surface area contributed by atoms with Crippen molar-refractivity contribution in [2.45, 2.75) is 40.0 Å². The van der Waals surface area contributed by atoms with Gasteiger partial charge in [-0.05, 0) is 32.3 Å². The maximum absolute atomic E-state index is 4.31. The first-order valence-electron chi connectivity index (χ1n) is 4.98. The molecule has 0 saturated carbocycles. The van der Waals surface area contributed by atoms with Crippen LogP contribution in [0, 0.1) is 0 Å². The number of hydrogen-bond acceptors (Lipinski definition) is 2. The van der Waals surface area contributed by atoms with Gasteiger partial charge in [-0.1, -0.05) is 13.3 Å². The predicted octanol–water partition coefficient (Wildman–Crippen LogP) is 2.76. The third-order valence-corrected chi connectivity index (χ3v) is 2.41.